The molecule has 1 saturated heterocycles. The van der Waals surface area contributed by atoms with E-state index >= 15 is 0 Å². The van der Waals surface area contributed by atoms with E-state index in [9.17, 15) is 9.59 Å². The lowest BCUT2D eigenvalue weighted by atomic mass is 10.1. The van der Waals surface area contributed by atoms with Crippen molar-refractivity contribution in [2.24, 2.45) is 0 Å². The number of carbonyl (C=O) groups is 2. The third-order valence-corrected chi connectivity index (χ3v) is 5.46. The van der Waals surface area contributed by atoms with Crippen LogP contribution in [0.25, 0.3) is 0 Å². The lowest BCUT2D eigenvalue weighted by Crippen LogP contribution is -2.43. The molecule has 1 aliphatic heterocycles. The summed E-state index contributed by atoms with van der Waals surface area (Å²) in [6.07, 6.45) is 0.320. The highest BCUT2D eigenvalue weighted by Crippen LogP contribution is 2.25. The first kappa shape index (κ1) is 19.5. The van der Waals surface area contributed by atoms with Gasteiger partial charge in [-0.25, -0.2) is 0 Å². The van der Waals surface area contributed by atoms with Crippen molar-refractivity contribution in [1.29, 1.82) is 0 Å². The largest absolute Gasteiger partial charge is 0.379 e. The summed E-state index contributed by atoms with van der Waals surface area (Å²) in [6.45, 7) is 5.28. The van der Waals surface area contributed by atoms with Crippen LogP contribution in [0.4, 0.5) is 5.69 Å². The van der Waals surface area contributed by atoms with E-state index in [-0.39, 0.29) is 17.9 Å². The highest BCUT2D eigenvalue weighted by Gasteiger charge is 2.23. The van der Waals surface area contributed by atoms with Crippen LogP contribution < -0.4 is 10.6 Å². The predicted octanol–water partition coefficient (Wildman–Crippen LogP) is 2.44. The molecule has 1 aromatic carbocycles. The molecule has 1 unspecified atom stereocenters. The fraction of sp³-hybridized carbons (Fsp3) is 0.400. The number of hydrogen-bond acceptors (Lipinski definition) is 5. The van der Waals surface area contributed by atoms with Crippen molar-refractivity contribution in [3.05, 3.63) is 52.2 Å². The number of hydrogen-bond donors (Lipinski definition) is 2. The number of ether oxygens (including phenoxy) is 1. The Hall–Kier alpha value is -2.22. The zero-order chi connectivity index (χ0) is 19.1. The Bertz CT molecular complexity index is 740. The number of nitrogens with one attached hydrogen (secondary N) is 2. The predicted molar refractivity (Wildman–Crippen MR) is 107 cm³/mol. The lowest BCUT2D eigenvalue weighted by Gasteiger charge is -2.34. The second kappa shape index (κ2) is 9.64. The highest BCUT2D eigenvalue weighted by molar-refractivity contribution is 7.10. The molecular formula is C20H25N3O3S. The number of morpholine rings is 1. The molecule has 2 aromatic rings. The van der Waals surface area contributed by atoms with Gasteiger partial charge in [0.25, 0.3) is 0 Å². The number of rotatable bonds is 7. The molecule has 1 atom stereocenters. The smallest absolute Gasteiger partial charge is 0.224 e. The van der Waals surface area contributed by atoms with Crippen LogP contribution in [0.3, 0.4) is 0 Å². The molecule has 6 nitrogen and oxygen atoms in total. The summed E-state index contributed by atoms with van der Waals surface area (Å²) in [5.41, 5.74) is 1.65. The van der Waals surface area contributed by atoms with Crippen molar-refractivity contribution < 1.29 is 14.3 Å². The van der Waals surface area contributed by atoms with Crippen molar-refractivity contribution in [1.82, 2.24) is 10.2 Å². The molecule has 0 bridgehead atoms. The van der Waals surface area contributed by atoms with Gasteiger partial charge in [0.2, 0.25) is 11.8 Å². The molecule has 2 N–H and O–H groups in total. The van der Waals surface area contributed by atoms with Gasteiger partial charge in [-0.2, -0.15) is 0 Å². The maximum absolute atomic E-state index is 12.4. The van der Waals surface area contributed by atoms with Gasteiger partial charge in [0.05, 0.1) is 25.7 Å². The van der Waals surface area contributed by atoms with Crippen molar-refractivity contribution in [3.8, 4) is 0 Å². The van der Waals surface area contributed by atoms with Gasteiger partial charge in [-0.05, 0) is 29.1 Å². The summed E-state index contributed by atoms with van der Waals surface area (Å²) >= 11 is 1.72. The van der Waals surface area contributed by atoms with Gasteiger partial charge >= 0.3 is 0 Å². The molecule has 1 fully saturated rings. The number of carbonyl (C=O) groups excluding carboxylic acids is 2. The first-order chi connectivity index (χ1) is 13.1. The van der Waals surface area contributed by atoms with Crippen molar-refractivity contribution in [3.63, 3.8) is 0 Å². The molecule has 27 heavy (non-hydrogen) atoms. The summed E-state index contributed by atoms with van der Waals surface area (Å²) in [4.78, 5) is 27.1. The van der Waals surface area contributed by atoms with Crippen LogP contribution in [0.15, 0.2) is 41.8 Å². The van der Waals surface area contributed by atoms with Gasteiger partial charge in [0.1, 0.15) is 0 Å². The molecule has 2 heterocycles. The van der Waals surface area contributed by atoms with E-state index in [1.165, 1.54) is 11.8 Å². The molecule has 0 radical (unpaired) electrons. The number of benzene rings is 1. The first-order valence-electron chi connectivity index (χ1n) is 9.10. The van der Waals surface area contributed by atoms with Gasteiger partial charge in [0, 0.05) is 37.1 Å². The Morgan fingerprint density at radius 3 is 2.56 bits per heavy atom. The highest BCUT2D eigenvalue weighted by atomic mass is 32.1. The van der Waals surface area contributed by atoms with Gasteiger partial charge in [-0.3, -0.25) is 14.5 Å². The Morgan fingerprint density at radius 1 is 1.19 bits per heavy atom. The zero-order valence-corrected chi connectivity index (χ0v) is 16.3. The van der Waals surface area contributed by atoms with E-state index in [0.29, 0.717) is 13.0 Å². The topological polar surface area (TPSA) is 70.7 Å². The fourth-order valence-electron chi connectivity index (χ4n) is 3.15. The molecule has 144 valence electrons. The minimum absolute atomic E-state index is 0.00269. The van der Waals surface area contributed by atoms with Crippen molar-refractivity contribution in [2.75, 3.05) is 38.2 Å². The third-order valence-electron chi connectivity index (χ3n) is 4.49. The standard InChI is InChI=1S/C20H25N3O3S/c1-15(24)22-17-6-4-16(5-7-17)13-20(25)21-14-18(19-3-2-12-27-19)23-8-10-26-11-9-23/h2-7,12,18H,8-11,13-14H2,1H3,(H,21,25)(H,22,24). The summed E-state index contributed by atoms with van der Waals surface area (Å²) < 4.78 is 5.45. The average Bonchev–Trinajstić information content (AvgIpc) is 3.18. The van der Waals surface area contributed by atoms with Gasteiger partial charge < -0.3 is 15.4 Å². The number of thiophene rings is 1. The quantitative estimate of drug-likeness (QED) is 0.766. The van der Waals surface area contributed by atoms with E-state index in [0.717, 1.165) is 37.6 Å². The van der Waals surface area contributed by atoms with E-state index in [4.69, 9.17) is 4.74 Å². The van der Waals surface area contributed by atoms with Crippen LogP contribution in [-0.2, 0) is 20.7 Å². The second-order valence-corrected chi connectivity index (χ2v) is 7.52. The van der Waals surface area contributed by atoms with Crippen LogP contribution >= 0.6 is 11.3 Å². The Morgan fingerprint density at radius 2 is 1.93 bits per heavy atom. The van der Waals surface area contributed by atoms with Crippen LogP contribution in [-0.4, -0.2) is 49.6 Å². The average molecular weight is 388 g/mol. The fourth-order valence-corrected chi connectivity index (χ4v) is 4.01. The maximum Gasteiger partial charge on any atom is 0.224 e. The van der Waals surface area contributed by atoms with Gasteiger partial charge in [-0.1, -0.05) is 18.2 Å². The Balaban J connectivity index is 1.55. The first-order valence-corrected chi connectivity index (χ1v) is 9.98. The Kier molecular flexibility index (Phi) is 6.98. The molecule has 0 spiro atoms. The number of nitrogens with zero attached hydrogens (tertiary/aromatic N) is 1. The molecule has 3 rings (SSSR count). The molecule has 1 aromatic heterocycles. The van der Waals surface area contributed by atoms with Crippen LogP contribution in [0, 0.1) is 0 Å². The van der Waals surface area contributed by atoms with E-state index < -0.39 is 0 Å². The minimum atomic E-state index is -0.108. The molecular weight excluding hydrogens is 362 g/mol. The molecule has 2 amide bonds. The molecule has 0 saturated carbocycles. The second-order valence-electron chi connectivity index (χ2n) is 6.54. The summed E-state index contributed by atoms with van der Waals surface area (Å²) in [5.74, 6) is -0.111. The van der Waals surface area contributed by atoms with Crippen LogP contribution in [0.2, 0.25) is 0 Å². The number of amides is 2. The van der Waals surface area contributed by atoms with Crippen LogP contribution in [0.5, 0.6) is 0 Å². The normalized spacial score (nSPS) is 15.9. The van der Waals surface area contributed by atoms with Gasteiger partial charge in [-0.15, -0.1) is 11.3 Å². The number of anilines is 1. The monoisotopic (exact) mass is 387 g/mol. The van der Waals surface area contributed by atoms with Gasteiger partial charge in [0.15, 0.2) is 0 Å². The molecule has 0 aliphatic carbocycles. The third kappa shape index (κ3) is 5.89. The summed E-state index contributed by atoms with van der Waals surface area (Å²) in [6, 6.07) is 11.7. The van der Waals surface area contributed by atoms with Crippen LogP contribution in [0.1, 0.15) is 23.4 Å². The van der Waals surface area contributed by atoms with Crippen molar-refractivity contribution in [2.45, 2.75) is 19.4 Å². The summed E-state index contributed by atoms with van der Waals surface area (Å²) in [7, 11) is 0. The maximum atomic E-state index is 12.4. The van der Waals surface area contributed by atoms with E-state index in [1.807, 2.05) is 30.3 Å². The van der Waals surface area contributed by atoms with E-state index in [2.05, 4.69) is 27.0 Å². The zero-order valence-electron chi connectivity index (χ0n) is 15.4. The minimum Gasteiger partial charge on any atom is -0.379 e. The van der Waals surface area contributed by atoms with E-state index in [1.54, 1.807) is 11.3 Å². The summed E-state index contributed by atoms with van der Waals surface area (Å²) in [5, 5.41) is 7.87. The lowest BCUT2D eigenvalue weighted by molar-refractivity contribution is -0.120. The molecule has 7 heteroatoms. The van der Waals surface area contributed by atoms with Crippen molar-refractivity contribution >= 4 is 28.8 Å². The molecule has 1 aliphatic rings. The SMILES string of the molecule is CC(=O)Nc1ccc(CC(=O)NCC(c2cccs2)N2CCOCC2)cc1. The Labute approximate surface area is 163 Å².